The van der Waals surface area contributed by atoms with Gasteiger partial charge in [-0.15, -0.1) is 0 Å². The van der Waals surface area contributed by atoms with Crippen LogP contribution in [0.2, 0.25) is 0 Å². The van der Waals surface area contributed by atoms with Gasteiger partial charge in [-0.1, -0.05) is 19.8 Å². The molecule has 0 spiro atoms. The highest BCUT2D eigenvalue weighted by Gasteiger charge is 2.08. The highest BCUT2D eigenvalue weighted by atomic mass is 16.4. The Morgan fingerprint density at radius 1 is 0.944 bits per heavy atom. The average molecular weight is 252 g/mol. The Morgan fingerprint density at radius 3 is 2.22 bits per heavy atom. The highest BCUT2D eigenvalue weighted by molar-refractivity contribution is 5.98. The van der Waals surface area contributed by atoms with Gasteiger partial charge in [0.15, 0.2) is 0 Å². The van der Waals surface area contributed by atoms with E-state index in [4.69, 9.17) is 20.8 Å². The summed E-state index contributed by atoms with van der Waals surface area (Å²) in [4.78, 5) is 0. The van der Waals surface area contributed by atoms with E-state index < -0.39 is 0 Å². The van der Waals surface area contributed by atoms with Crippen LogP contribution >= 0.6 is 0 Å². The quantitative estimate of drug-likeness (QED) is 0.404. The Balaban J connectivity index is 3.48. The molecule has 0 bridgehead atoms. The summed E-state index contributed by atoms with van der Waals surface area (Å²) in [5.74, 6) is 0. The fourth-order valence-electron chi connectivity index (χ4n) is 2.00. The molecule has 3 nitrogen and oxygen atoms in total. The molecule has 0 aliphatic rings. The van der Waals surface area contributed by atoms with Crippen molar-refractivity contribution in [1.82, 2.24) is 0 Å². The molecule has 0 saturated heterocycles. The lowest BCUT2D eigenvalue weighted by Gasteiger charge is -2.17. The molecule has 0 amide bonds. The van der Waals surface area contributed by atoms with Gasteiger partial charge >= 0.3 is 0 Å². The molecule has 0 saturated carbocycles. The fourth-order valence-corrected chi connectivity index (χ4v) is 2.00. The van der Waals surface area contributed by atoms with E-state index in [1.807, 2.05) is 0 Å². The highest BCUT2D eigenvalue weighted by Crippen LogP contribution is 2.14. The first-order valence-corrected chi connectivity index (χ1v) is 7.09. The van der Waals surface area contributed by atoms with Gasteiger partial charge in [-0.2, -0.15) is 0 Å². The average Bonchev–Trinajstić information content (AvgIpc) is 2.39. The third-order valence-electron chi connectivity index (χ3n) is 3.19. The molecular weight excluding hydrogens is 226 g/mol. The second-order valence-electron chi connectivity index (χ2n) is 4.85. The van der Waals surface area contributed by atoms with Gasteiger partial charge in [0, 0.05) is 12.7 Å². The molecule has 0 rings (SSSR count). The Morgan fingerprint density at radius 2 is 1.61 bits per heavy atom. The van der Waals surface area contributed by atoms with Crippen molar-refractivity contribution in [2.24, 2.45) is 0 Å². The number of rotatable bonds is 13. The molecule has 0 aliphatic heterocycles. The molecule has 0 aromatic rings. The van der Waals surface area contributed by atoms with Gasteiger partial charge in [-0.05, 0) is 44.9 Å². The summed E-state index contributed by atoms with van der Waals surface area (Å²) in [6.07, 6.45) is 8.59. The molecule has 2 atom stereocenters. The van der Waals surface area contributed by atoms with Gasteiger partial charge in [0.1, 0.15) is 0 Å². The number of hydrogen-bond acceptors (Lipinski definition) is 3. The summed E-state index contributed by atoms with van der Waals surface area (Å²) in [5.41, 5.74) is 0. The van der Waals surface area contributed by atoms with Gasteiger partial charge in [0.25, 0.3) is 16.1 Å². The van der Waals surface area contributed by atoms with Gasteiger partial charge < -0.3 is 14.4 Å². The van der Waals surface area contributed by atoms with E-state index in [0.717, 1.165) is 57.8 Å². The van der Waals surface area contributed by atoms with Crippen LogP contribution in [0.3, 0.4) is 0 Å². The van der Waals surface area contributed by atoms with Crippen LogP contribution in [0.4, 0.5) is 0 Å². The first-order chi connectivity index (χ1) is 8.74. The first-order valence-electron chi connectivity index (χ1n) is 7.09. The van der Waals surface area contributed by atoms with Crippen LogP contribution in [0.5, 0.6) is 0 Å². The van der Waals surface area contributed by atoms with Crippen LogP contribution in [-0.4, -0.2) is 40.0 Å². The van der Waals surface area contributed by atoms with Crippen LogP contribution in [-0.2, 0) is 9.31 Å². The van der Waals surface area contributed by atoms with E-state index in [-0.39, 0.29) is 12.2 Å². The molecular formula is C13H26B2O3. The zero-order chi connectivity index (χ0) is 13.6. The molecule has 1 N–H and O–H groups in total. The third-order valence-corrected chi connectivity index (χ3v) is 3.19. The fraction of sp³-hybridized carbons (Fsp3) is 1.00. The maximum absolute atomic E-state index is 9.71. The van der Waals surface area contributed by atoms with E-state index in [0.29, 0.717) is 6.61 Å². The zero-order valence-corrected chi connectivity index (χ0v) is 11.6. The van der Waals surface area contributed by atoms with Crippen LogP contribution in [0, 0.1) is 0 Å². The van der Waals surface area contributed by atoms with Gasteiger partial charge in [-0.25, -0.2) is 0 Å². The van der Waals surface area contributed by atoms with Gasteiger partial charge in [0.05, 0.1) is 6.10 Å². The summed E-state index contributed by atoms with van der Waals surface area (Å²) in [5, 5.41) is 9.71. The summed E-state index contributed by atoms with van der Waals surface area (Å²) in [6.45, 7) is 2.71. The topological polar surface area (TPSA) is 38.7 Å². The minimum absolute atomic E-state index is 0.0844. The van der Waals surface area contributed by atoms with Gasteiger partial charge in [-0.3, -0.25) is 0 Å². The Labute approximate surface area is 115 Å². The second kappa shape index (κ2) is 13.4. The van der Waals surface area contributed by atoms with E-state index in [2.05, 4.69) is 11.6 Å². The molecule has 0 aliphatic carbocycles. The number of hydrogen-bond donors (Lipinski definition) is 1. The van der Waals surface area contributed by atoms with Crippen molar-refractivity contribution in [3.63, 3.8) is 0 Å². The van der Waals surface area contributed by atoms with Crippen molar-refractivity contribution in [2.45, 2.75) is 76.9 Å². The third kappa shape index (κ3) is 11.1. The van der Waals surface area contributed by atoms with Crippen LogP contribution < -0.4 is 0 Å². The smallest absolute Gasteiger partial charge is 0.283 e. The van der Waals surface area contributed by atoms with E-state index in [1.165, 1.54) is 0 Å². The molecule has 0 aromatic carbocycles. The summed E-state index contributed by atoms with van der Waals surface area (Å²) < 4.78 is 9.44. The lowest BCUT2D eigenvalue weighted by atomic mass is 10.0. The molecule has 0 heterocycles. The number of aliphatic hydroxyl groups is 1. The van der Waals surface area contributed by atoms with Crippen molar-refractivity contribution >= 4 is 16.1 Å². The lowest BCUT2D eigenvalue weighted by Crippen LogP contribution is -2.13. The van der Waals surface area contributed by atoms with Crippen LogP contribution in [0.1, 0.15) is 64.7 Å². The maximum Gasteiger partial charge on any atom is 0.283 e. The summed E-state index contributed by atoms with van der Waals surface area (Å²) >= 11 is 0. The zero-order valence-electron chi connectivity index (χ0n) is 11.6. The monoisotopic (exact) mass is 252 g/mol. The largest absolute Gasteiger partial charge is 0.448 e. The van der Waals surface area contributed by atoms with E-state index in [9.17, 15) is 5.11 Å². The van der Waals surface area contributed by atoms with Gasteiger partial charge in [0.2, 0.25) is 0 Å². The van der Waals surface area contributed by atoms with Crippen LogP contribution in [0.25, 0.3) is 0 Å². The van der Waals surface area contributed by atoms with Crippen molar-refractivity contribution in [3.05, 3.63) is 0 Å². The van der Waals surface area contributed by atoms with Crippen LogP contribution in [0.15, 0.2) is 0 Å². The Kier molecular flexibility index (Phi) is 13.4. The maximum atomic E-state index is 9.71. The molecule has 18 heavy (non-hydrogen) atoms. The summed E-state index contributed by atoms with van der Waals surface area (Å²) in [6, 6.07) is 0. The Bertz CT molecular complexity index is 170. The normalized spacial score (nSPS) is 14.6. The van der Waals surface area contributed by atoms with Crippen molar-refractivity contribution in [3.8, 4) is 0 Å². The molecule has 0 aromatic heterocycles. The SMILES string of the molecule is [B]OCCCCC(CCC[C@H](O)CCCC)O[B]. The molecule has 4 radical (unpaired) electrons. The number of unbranched alkanes of at least 4 members (excludes halogenated alkanes) is 2. The molecule has 0 fully saturated rings. The second-order valence-corrected chi connectivity index (χ2v) is 4.85. The molecule has 1 unspecified atom stereocenters. The lowest BCUT2D eigenvalue weighted by molar-refractivity contribution is 0.134. The standard InChI is InChI=1S/C13H26B2O3/c1-2-3-7-12(16)8-6-10-13(18-15)9-4-5-11-17-14/h12-13,16H,2-11H2,1H3/t12-,13?/m1/s1. The number of aliphatic hydroxyl groups excluding tert-OH is 1. The van der Waals surface area contributed by atoms with Crippen molar-refractivity contribution in [1.29, 1.82) is 0 Å². The minimum Gasteiger partial charge on any atom is -0.448 e. The molecule has 5 heteroatoms. The first kappa shape index (κ1) is 18.0. The molecule has 102 valence electrons. The minimum atomic E-state index is -0.172. The predicted molar refractivity (Wildman–Crippen MR) is 75.6 cm³/mol. The predicted octanol–water partition coefficient (Wildman–Crippen LogP) is 2.45. The summed E-state index contributed by atoms with van der Waals surface area (Å²) in [7, 11) is 10.2. The van der Waals surface area contributed by atoms with E-state index >= 15 is 0 Å². The Hall–Kier alpha value is 0.00987. The van der Waals surface area contributed by atoms with Crippen molar-refractivity contribution < 1.29 is 14.4 Å². The van der Waals surface area contributed by atoms with Crippen molar-refractivity contribution in [2.75, 3.05) is 6.61 Å². The van der Waals surface area contributed by atoms with E-state index in [1.54, 1.807) is 0 Å².